The lowest BCUT2D eigenvalue weighted by Gasteiger charge is -2.19. The summed E-state index contributed by atoms with van der Waals surface area (Å²) in [5.41, 5.74) is 10.3. The number of hydrogen-bond donors (Lipinski definition) is 7. The molecule has 26 heavy (non-hydrogen) atoms. The van der Waals surface area contributed by atoms with Crippen LogP contribution in [0.1, 0.15) is 19.8 Å². The highest BCUT2D eigenvalue weighted by molar-refractivity contribution is 5.95. The summed E-state index contributed by atoms with van der Waals surface area (Å²) in [5, 5.41) is 23.6. The van der Waals surface area contributed by atoms with E-state index in [2.05, 4.69) is 10.6 Å². The zero-order chi connectivity index (χ0) is 20.4. The lowest BCUT2D eigenvalue weighted by molar-refractivity contribution is -0.142. The quantitative estimate of drug-likeness (QED) is 0.185. The maximum atomic E-state index is 12.0. The molecule has 0 aliphatic carbocycles. The molecule has 3 atom stereocenters. The first-order chi connectivity index (χ1) is 11.9. The molecule has 0 spiro atoms. The van der Waals surface area contributed by atoms with Gasteiger partial charge >= 0.3 is 11.9 Å². The third-order valence-corrected chi connectivity index (χ3v) is 2.94. The van der Waals surface area contributed by atoms with Crippen LogP contribution in [0.2, 0.25) is 0 Å². The average molecular weight is 375 g/mol. The summed E-state index contributed by atoms with van der Waals surface area (Å²) >= 11 is 0. The Morgan fingerprint density at radius 1 is 0.962 bits per heavy atom. The van der Waals surface area contributed by atoms with Gasteiger partial charge in [0.2, 0.25) is 23.6 Å². The molecule has 0 aromatic rings. The largest absolute Gasteiger partial charge is 0.481 e. The third kappa shape index (κ3) is 9.17. The summed E-state index contributed by atoms with van der Waals surface area (Å²) in [5.74, 6) is -6.39. The van der Waals surface area contributed by atoms with Crippen LogP contribution in [0.15, 0.2) is 0 Å². The molecule has 0 aromatic heterocycles. The van der Waals surface area contributed by atoms with Gasteiger partial charge in [0.15, 0.2) is 0 Å². The van der Waals surface area contributed by atoms with Crippen LogP contribution in [-0.4, -0.2) is 70.5 Å². The molecule has 0 rings (SSSR count). The first-order valence-corrected chi connectivity index (χ1v) is 7.30. The summed E-state index contributed by atoms with van der Waals surface area (Å²) in [7, 11) is 0. The number of nitrogens with one attached hydrogen (secondary N) is 3. The van der Waals surface area contributed by atoms with Crippen LogP contribution in [0.3, 0.4) is 0 Å². The van der Waals surface area contributed by atoms with Crippen LogP contribution in [0.5, 0.6) is 0 Å². The minimum absolute atomic E-state index is 0.511. The van der Waals surface area contributed by atoms with Gasteiger partial charge in [0.1, 0.15) is 12.1 Å². The minimum Gasteiger partial charge on any atom is -0.481 e. The number of primary amides is 1. The molecule has 0 fully saturated rings. The van der Waals surface area contributed by atoms with Crippen molar-refractivity contribution in [3.63, 3.8) is 0 Å². The minimum atomic E-state index is -1.57. The van der Waals surface area contributed by atoms with Crippen molar-refractivity contribution in [2.45, 2.75) is 37.9 Å². The average Bonchev–Trinajstić information content (AvgIpc) is 2.50. The van der Waals surface area contributed by atoms with E-state index >= 15 is 0 Å². The summed E-state index contributed by atoms with van der Waals surface area (Å²) in [6.07, 6.45) is -1.32. The summed E-state index contributed by atoms with van der Waals surface area (Å²) in [4.78, 5) is 67.4. The second kappa shape index (κ2) is 10.6. The van der Waals surface area contributed by atoms with Gasteiger partial charge in [0.25, 0.3) is 0 Å². The molecule has 0 aromatic carbocycles. The molecule has 146 valence electrons. The van der Waals surface area contributed by atoms with Crippen molar-refractivity contribution < 1.29 is 39.0 Å². The van der Waals surface area contributed by atoms with E-state index in [1.54, 1.807) is 0 Å². The first-order valence-electron chi connectivity index (χ1n) is 7.30. The molecule has 0 radical (unpaired) electrons. The Labute approximate surface area is 147 Å². The number of nitrogens with two attached hydrogens (primary N) is 2. The predicted octanol–water partition coefficient (Wildman–Crippen LogP) is -4.15. The van der Waals surface area contributed by atoms with Gasteiger partial charge in [-0.2, -0.15) is 0 Å². The monoisotopic (exact) mass is 375 g/mol. The van der Waals surface area contributed by atoms with E-state index < -0.39 is 73.1 Å². The number of carboxylic acids is 2. The highest BCUT2D eigenvalue weighted by atomic mass is 16.4. The fourth-order valence-electron chi connectivity index (χ4n) is 1.62. The van der Waals surface area contributed by atoms with Crippen molar-refractivity contribution in [3.8, 4) is 0 Å². The highest BCUT2D eigenvalue weighted by Gasteiger charge is 2.27. The molecule has 0 aliphatic heterocycles. The van der Waals surface area contributed by atoms with Crippen molar-refractivity contribution in [3.05, 3.63) is 0 Å². The number of aliphatic carboxylic acids is 2. The molecule has 0 saturated carbocycles. The van der Waals surface area contributed by atoms with Gasteiger partial charge in [-0.1, -0.05) is 0 Å². The van der Waals surface area contributed by atoms with Crippen LogP contribution < -0.4 is 27.4 Å². The molecule has 3 unspecified atom stereocenters. The standard InChI is InChI=1S/C13H21N5O8/c1-5(13(25)26)17-9(20)4-16-12(24)7(3-10(21)22)18-11(23)6(14)2-8(15)19/h5-7H,2-4,14H2,1H3,(H2,15,19)(H,16,24)(H,17,20)(H,18,23)(H,21,22)(H,25,26). The number of amides is 4. The van der Waals surface area contributed by atoms with E-state index in [1.807, 2.05) is 5.32 Å². The van der Waals surface area contributed by atoms with E-state index in [0.29, 0.717) is 0 Å². The number of carboxylic acid groups (broad SMARTS) is 2. The molecule has 13 nitrogen and oxygen atoms in total. The summed E-state index contributed by atoms with van der Waals surface area (Å²) in [6, 6.07) is -4.14. The SMILES string of the molecule is CC(NC(=O)CNC(=O)C(CC(=O)O)NC(=O)C(N)CC(N)=O)C(=O)O. The van der Waals surface area contributed by atoms with Gasteiger partial charge in [-0.15, -0.1) is 0 Å². The van der Waals surface area contributed by atoms with Crippen LogP contribution in [0.4, 0.5) is 0 Å². The number of carbonyl (C=O) groups is 6. The van der Waals surface area contributed by atoms with E-state index in [0.717, 1.165) is 0 Å². The van der Waals surface area contributed by atoms with E-state index in [9.17, 15) is 28.8 Å². The highest BCUT2D eigenvalue weighted by Crippen LogP contribution is 1.96. The molecule has 0 heterocycles. The molecular formula is C13H21N5O8. The van der Waals surface area contributed by atoms with Crippen molar-refractivity contribution in [2.24, 2.45) is 11.5 Å². The van der Waals surface area contributed by atoms with E-state index in [1.165, 1.54) is 6.92 Å². The molecule has 0 bridgehead atoms. The van der Waals surface area contributed by atoms with Crippen LogP contribution in [0.25, 0.3) is 0 Å². The summed E-state index contributed by atoms with van der Waals surface area (Å²) < 4.78 is 0. The maximum absolute atomic E-state index is 12.0. The van der Waals surface area contributed by atoms with Gasteiger partial charge in [0.05, 0.1) is 25.4 Å². The Hall–Kier alpha value is -3.22. The molecule has 0 saturated heterocycles. The zero-order valence-corrected chi connectivity index (χ0v) is 13.9. The lowest BCUT2D eigenvalue weighted by Crippen LogP contribution is -2.54. The van der Waals surface area contributed by atoms with Gasteiger partial charge in [0, 0.05) is 0 Å². The zero-order valence-electron chi connectivity index (χ0n) is 13.9. The number of hydrogen-bond acceptors (Lipinski definition) is 7. The van der Waals surface area contributed by atoms with Crippen molar-refractivity contribution in [1.82, 2.24) is 16.0 Å². The maximum Gasteiger partial charge on any atom is 0.325 e. The third-order valence-electron chi connectivity index (χ3n) is 2.94. The number of carbonyl (C=O) groups excluding carboxylic acids is 4. The van der Waals surface area contributed by atoms with E-state index in [-0.39, 0.29) is 0 Å². The van der Waals surface area contributed by atoms with Crippen molar-refractivity contribution in [1.29, 1.82) is 0 Å². The first kappa shape index (κ1) is 22.8. The predicted molar refractivity (Wildman–Crippen MR) is 84.2 cm³/mol. The van der Waals surface area contributed by atoms with Crippen LogP contribution in [-0.2, 0) is 28.8 Å². The Bertz CT molecular complexity index is 593. The summed E-state index contributed by atoms with van der Waals surface area (Å²) in [6.45, 7) is 0.561. The molecule has 4 amide bonds. The van der Waals surface area contributed by atoms with E-state index in [4.69, 9.17) is 21.7 Å². The Kier molecular flexibility index (Phi) is 9.29. The molecular weight excluding hydrogens is 354 g/mol. The second-order valence-corrected chi connectivity index (χ2v) is 5.28. The Morgan fingerprint density at radius 3 is 2.00 bits per heavy atom. The molecule has 9 N–H and O–H groups in total. The van der Waals surface area contributed by atoms with Gasteiger partial charge in [-0.05, 0) is 6.92 Å². The van der Waals surface area contributed by atoms with Crippen LogP contribution in [0, 0.1) is 0 Å². The fourth-order valence-corrected chi connectivity index (χ4v) is 1.62. The van der Waals surface area contributed by atoms with Gasteiger partial charge in [-0.25, -0.2) is 0 Å². The Balaban J connectivity index is 4.76. The van der Waals surface area contributed by atoms with Crippen molar-refractivity contribution in [2.75, 3.05) is 6.54 Å². The fraction of sp³-hybridized carbons (Fsp3) is 0.538. The molecule has 0 aliphatic rings. The Morgan fingerprint density at radius 2 is 1.54 bits per heavy atom. The number of rotatable bonds is 11. The second-order valence-electron chi connectivity index (χ2n) is 5.28. The van der Waals surface area contributed by atoms with Gasteiger partial charge in [-0.3, -0.25) is 28.8 Å². The smallest absolute Gasteiger partial charge is 0.325 e. The molecule has 13 heteroatoms. The lowest BCUT2D eigenvalue weighted by atomic mass is 10.1. The van der Waals surface area contributed by atoms with Gasteiger partial charge < -0.3 is 37.6 Å². The van der Waals surface area contributed by atoms with Crippen molar-refractivity contribution >= 4 is 35.6 Å². The van der Waals surface area contributed by atoms with Crippen LogP contribution >= 0.6 is 0 Å². The normalized spacial score (nSPS) is 13.6. The topological polar surface area (TPSA) is 231 Å².